The number of aromatic nitrogens is 3. The van der Waals surface area contributed by atoms with Crippen LogP contribution in [0.4, 0.5) is 4.39 Å². The third-order valence-corrected chi connectivity index (χ3v) is 5.50. The molecule has 2 bridgehead atoms. The van der Waals surface area contributed by atoms with Crippen molar-refractivity contribution in [1.82, 2.24) is 20.1 Å². The van der Waals surface area contributed by atoms with Crippen molar-refractivity contribution in [3.63, 3.8) is 0 Å². The Kier molecular flexibility index (Phi) is 4.29. The number of carbonyl (C=O) groups excluding carboxylic acids is 2. The zero-order valence-corrected chi connectivity index (χ0v) is 14.8. The Balaban J connectivity index is 1.58. The normalized spacial score (nSPS) is 24.1. The molecule has 27 heavy (non-hydrogen) atoms. The predicted molar refractivity (Wildman–Crippen MR) is 93.2 cm³/mol. The number of hydrogen-bond donors (Lipinski definition) is 2. The highest BCUT2D eigenvalue weighted by Gasteiger charge is 2.45. The minimum Gasteiger partial charge on any atom is -0.481 e. The summed E-state index contributed by atoms with van der Waals surface area (Å²) in [6, 6.07) is 2.96. The highest BCUT2D eigenvalue weighted by molar-refractivity contribution is 5.94. The molecule has 142 valence electrons. The SMILES string of the molecule is COc1cc(-c2cc(C(=O)N3[C@@H]4CC[C@H]3C[C@H](C(N)=O)C4)n[nH]2)c(F)cn1. The number of carbonyl (C=O) groups is 2. The van der Waals surface area contributed by atoms with Crippen LogP contribution in [0.25, 0.3) is 11.3 Å². The number of H-pyrrole nitrogens is 1. The van der Waals surface area contributed by atoms with Crippen LogP contribution >= 0.6 is 0 Å². The van der Waals surface area contributed by atoms with Crippen molar-refractivity contribution in [3.8, 4) is 17.1 Å². The average Bonchev–Trinajstić information content (AvgIpc) is 3.24. The monoisotopic (exact) mass is 373 g/mol. The first-order valence-electron chi connectivity index (χ1n) is 8.85. The number of rotatable bonds is 4. The Hall–Kier alpha value is -2.97. The van der Waals surface area contributed by atoms with E-state index in [1.165, 1.54) is 19.2 Å². The molecule has 2 aliphatic rings. The minimum absolute atomic E-state index is 0.00773. The molecule has 2 aromatic rings. The Morgan fingerprint density at radius 1 is 1.30 bits per heavy atom. The molecular formula is C18H20FN5O3. The van der Waals surface area contributed by atoms with Gasteiger partial charge in [-0.2, -0.15) is 5.10 Å². The van der Waals surface area contributed by atoms with Crippen LogP contribution in [0.5, 0.6) is 5.88 Å². The molecule has 9 heteroatoms. The van der Waals surface area contributed by atoms with Crippen LogP contribution in [-0.2, 0) is 4.79 Å². The summed E-state index contributed by atoms with van der Waals surface area (Å²) in [6.45, 7) is 0. The molecule has 2 amide bonds. The van der Waals surface area contributed by atoms with E-state index in [4.69, 9.17) is 10.5 Å². The molecule has 0 unspecified atom stereocenters. The van der Waals surface area contributed by atoms with E-state index in [0.717, 1.165) is 19.0 Å². The maximum Gasteiger partial charge on any atom is 0.274 e. The molecule has 0 aromatic carbocycles. The van der Waals surface area contributed by atoms with Gasteiger partial charge in [-0.25, -0.2) is 9.37 Å². The fraction of sp³-hybridized carbons (Fsp3) is 0.444. The molecule has 4 heterocycles. The van der Waals surface area contributed by atoms with E-state index in [0.29, 0.717) is 18.5 Å². The number of piperidine rings is 1. The molecule has 2 fully saturated rings. The van der Waals surface area contributed by atoms with E-state index >= 15 is 0 Å². The van der Waals surface area contributed by atoms with Crippen molar-refractivity contribution in [2.24, 2.45) is 11.7 Å². The average molecular weight is 373 g/mol. The zero-order chi connectivity index (χ0) is 19.1. The number of methoxy groups -OCH3 is 1. The molecule has 3 N–H and O–H groups in total. The maximum atomic E-state index is 14.1. The molecule has 0 aliphatic carbocycles. The number of nitrogens with one attached hydrogen (secondary N) is 1. The molecule has 0 spiro atoms. The van der Waals surface area contributed by atoms with Gasteiger partial charge in [-0.3, -0.25) is 14.7 Å². The number of amides is 2. The molecule has 2 saturated heterocycles. The minimum atomic E-state index is -0.541. The topological polar surface area (TPSA) is 114 Å². The van der Waals surface area contributed by atoms with Gasteiger partial charge in [0.15, 0.2) is 11.5 Å². The predicted octanol–water partition coefficient (Wildman–Crippen LogP) is 1.49. The summed E-state index contributed by atoms with van der Waals surface area (Å²) in [5, 5.41) is 6.80. The summed E-state index contributed by atoms with van der Waals surface area (Å²) in [6.07, 6.45) is 3.95. The number of ether oxygens (including phenoxy) is 1. The largest absolute Gasteiger partial charge is 0.481 e. The first-order chi connectivity index (χ1) is 13.0. The van der Waals surface area contributed by atoms with Crippen molar-refractivity contribution in [2.45, 2.75) is 37.8 Å². The molecule has 0 saturated carbocycles. The molecule has 3 atom stereocenters. The number of aromatic amines is 1. The third-order valence-electron chi connectivity index (χ3n) is 5.50. The second kappa shape index (κ2) is 6.64. The second-order valence-electron chi connectivity index (χ2n) is 7.04. The lowest BCUT2D eigenvalue weighted by molar-refractivity contribution is -0.123. The van der Waals surface area contributed by atoms with E-state index in [-0.39, 0.29) is 47.0 Å². The van der Waals surface area contributed by atoms with Gasteiger partial charge in [-0.15, -0.1) is 0 Å². The fourth-order valence-electron chi connectivity index (χ4n) is 4.18. The van der Waals surface area contributed by atoms with Gasteiger partial charge in [0, 0.05) is 29.6 Å². The van der Waals surface area contributed by atoms with Crippen LogP contribution < -0.4 is 10.5 Å². The Bertz CT molecular complexity index is 885. The van der Waals surface area contributed by atoms with Crippen LogP contribution in [0.1, 0.15) is 36.2 Å². The van der Waals surface area contributed by atoms with Crippen molar-refractivity contribution in [3.05, 3.63) is 29.8 Å². The highest BCUT2D eigenvalue weighted by Crippen LogP contribution is 2.39. The Morgan fingerprint density at radius 2 is 2.00 bits per heavy atom. The van der Waals surface area contributed by atoms with Gasteiger partial charge < -0.3 is 15.4 Å². The molecule has 4 rings (SSSR count). The van der Waals surface area contributed by atoms with Gasteiger partial charge >= 0.3 is 0 Å². The summed E-state index contributed by atoms with van der Waals surface area (Å²) >= 11 is 0. The molecule has 0 radical (unpaired) electrons. The van der Waals surface area contributed by atoms with Crippen molar-refractivity contribution >= 4 is 11.8 Å². The lowest BCUT2D eigenvalue weighted by Gasteiger charge is -2.37. The van der Waals surface area contributed by atoms with E-state index in [1.54, 1.807) is 0 Å². The molecule has 2 aromatic heterocycles. The van der Waals surface area contributed by atoms with Crippen molar-refractivity contribution in [2.75, 3.05) is 7.11 Å². The van der Waals surface area contributed by atoms with Gasteiger partial charge in [0.05, 0.1) is 19.0 Å². The number of halogens is 1. The number of nitrogens with two attached hydrogens (primary N) is 1. The summed E-state index contributed by atoms with van der Waals surface area (Å²) in [5.41, 5.74) is 6.26. The number of pyridine rings is 1. The molecule has 8 nitrogen and oxygen atoms in total. The summed E-state index contributed by atoms with van der Waals surface area (Å²) in [4.78, 5) is 30.1. The second-order valence-corrected chi connectivity index (χ2v) is 7.04. The van der Waals surface area contributed by atoms with Crippen LogP contribution in [0, 0.1) is 11.7 Å². The van der Waals surface area contributed by atoms with Gasteiger partial charge in [0.25, 0.3) is 5.91 Å². The fourth-order valence-corrected chi connectivity index (χ4v) is 4.18. The van der Waals surface area contributed by atoms with Gasteiger partial charge in [0.2, 0.25) is 11.8 Å². The Morgan fingerprint density at radius 3 is 2.63 bits per heavy atom. The smallest absolute Gasteiger partial charge is 0.274 e. The van der Waals surface area contributed by atoms with Gasteiger partial charge in [-0.05, 0) is 31.7 Å². The van der Waals surface area contributed by atoms with Crippen LogP contribution in [0.3, 0.4) is 0 Å². The van der Waals surface area contributed by atoms with Crippen molar-refractivity contribution in [1.29, 1.82) is 0 Å². The number of nitrogens with zero attached hydrogens (tertiary/aromatic N) is 3. The first kappa shape index (κ1) is 17.4. The van der Waals surface area contributed by atoms with Gasteiger partial charge in [0.1, 0.15) is 0 Å². The summed E-state index contributed by atoms with van der Waals surface area (Å²) in [5.74, 6) is -0.974. The lowest BCUT2D eigenvalue weighted by atomic mass is 9.90. The van der Waals surface area contributed by atoms with Crippen molar-refractivity contribution < 1.29 is 18.7 Å². The van der Waals surface area contributed by atoms with Gasteiger partial charge in [-0.1, -0.05) is 0 Å². The highest BCUT2D eigenvalue weighted by atomic mass is 19.1. The first-order valence-corrected chi connectivity index (χ1v) is 8.85. The quantitative estimate of drug-likeness (QED) is 0.843. The van der Waals surface area contributed by atoms with Crippen LogP contribution in [-0.4, -0.2) is 51.1 Å². The molecular weight excluding hydrogens is 353 g/mol. The summed E-state index contributed by atoms with van der Waals surface area (Å²) in [7, 11) is 1.44. The number of fused-ring (bicyclic) bond motifs is 2. The molecule has 2 aliphatic heterocycles. The van der Waals surface area contributed by atoms with E-state index in [9.17, 15) is 14.0 Å². The lowest BCUT2D eigenvalue weighted by Crippen LogP contribution is -2.49. The standard InChI is InChI=1S/C18H20FN5O3/c1-27-16-6-12(13(19)8-21-16)14-7-15(23-22-14)18(26)24-10-2-3-11(24)5-9(4-10)17(20)25/h6-11H,2-5H2,1H3,(H2,20,25)(H,22,23)/t9-,10-,11+. The number of primary amides is 1. The van der Waals surface area contributed by atoms with E-state index < -0.39 is 5.82 Å². The number of hydrogen-bond acceptors (Lipinski definition) is 5. The third kappa shape index (κ3) is 3.02. The van der Waals surface area contributed by atoms with Crippen LogP contribution in [0.2, 0.25) is 0 Å². The van der Waals surface area contributed by atoms with E-state index in [1.807, 2.05) is 4.90 Å². The zero-order valence-electron chi connectivity index (χ0n) is 14.8. The van der Waals surface area contributed by atoms with E-state index in [2.05, 4.69) is 15.2 Å². The maximum absolute atomic E-state index is 14.1. The summed E-state index contributed by atoms with van der Waals surface area (Å²) < 4.78 is 19.1. The van der Waals surface area contributed by atoms with Crippen LogP contribution in [0.15, 0.2) is 18.3 Å². The Labute approximate surface area is 154 Å².